The molecule has 0 aliphatic rings. The molecule has 0 fully saturated rings. The van der Waals surface area contributed by atoms with Gasteiger partial charge in [0.15, 0.2) is 0 Å². The first kappa shape index (κ1) is 9.80. The van der Waals surface area contributed by atoms with E-state index in [2.05, 4.69) is 4.98 Å². The topological polar surface area (TPSA) is 72.0 Å². The van der Waals surface area contributed by atoms with Gasteiger partial charge in [0, 0.05) is 12.5 Å². The normalized spacial score (nSPS) is 9.69. The summed E-state index contributed by atoms with van der Waals surface area (Å²) in [6.07, 6.45) is 1.81. The molecule has 4 nitrogen and oxygen atoms in total. The summed E-state index contributed by atoms with van der Waals surface area (Å²) >= 11 is 5.86. The number of aromatic nitrogens is 1. The van der Waals surface area contributed by atoms with Crippen molar-refractivity contribution in [2.24, 2.45) is 5.73 Å². The van der Waals surface area contributed by atoms with Crippen LogP contribution < -0.4 is 10.5 Å². The van der Waals surface area contributed by atoms with E-state index in [-0.39, 0.29) is 12.3 Å². The summed E-state index contributed by atoms with van der Waals surface area (Å²) in [6, 6.07) is 1.65. The average molecular weight is 200 g/mol. The fraction of sp³-hybridized carbons (Fsp3) is 0.250. The zero-order valence-electron chi connectivity index (χ0n) is 7.17. The summed E-state index contributed by atoms with van der Waals surface area (Å²) in [7, 11) is 1.54. The third-order valence-corrected chi connectivity index (χ3v) is 1.81. The number of rotatable bonds is 3. The number of methoxy groups -OCH3 is 1. The molecule has 0 aliphatic heterocycles. The van der Waals surface area contributed by atoms with Gasteiger partial charge >= 0.3 is 0 Å². The van der Waals surface area contributed by atoms with Gasteiger partial charge < -0.3 is 10.5 Å². The van der Waals surface area contributed by atoms with Crippen LogP contribution in [0, 0.1) is 5.41 Å². The summed E-state index contributed by atoms with van der Waals surface area (Å²) in [4.78, 5) is 4.01. The van der Waals surface area contributed by atoms with Gasteiger partial charge in [-0.2, -0.15) is 0 Å². The molecule has 0 aromatic carbocycles. The Labute approximate surface area is 81.2 Å². The van der Waals surface area contributed by atoms with Crippen molar-refractivity contribution in [2.75, 3.05) is 7.11 Å². The third kappa shape index (κ3) is 2.59. The Bertz CT molecular complexity index is 327. The Hall–Kier alpha value is -1.29. The minimum absolute atomic E-state index is 0.0413. The van der Waals surface area contributed by atoms with Crippen LogP contribution in [0.2, 0.25) is 5.02 Å². The summed E-state index contributed by atoms with van der Waals surface area (Å²) in [5.74, 6) is 0.636. The predicted octanol–water partition coefficient (Wildman–Crippen LogP) is 1.22. The van der Waals surface area contributed by atoms with Crippen LogP contribution in [0.3, 0.4) is 0 Å². The van der Waals surface area contributed by atoms with Crippen molar-refractivity contribution in [2.45, 2.75) is 6.42 Å². The van der Waals surface area contributed by atoms with Crippen LogP contribution in [0.1, 0.15) is 5.69 Å². The molecule has 3 N–H and O–H groups in total. The molecule has 0 amide bonds. The standard InChI is InChI=1S/C8H10ClN3O/c1-13-5-2-6(9)7(12-4-5)3-8(10)11/h2,4H,3H2,1H3,(H3,10,11). The predicted molar refractivity (Wildman–Crippen MR) is 51.4 cm³/mol. The second kappa shape index (κ2) is 4.09. The highest BCUT2D eigenvalue weighted by Gasteiger charge is 2.04. The van der Waals surface area contributed by atoms with Gasteiger partial charge in [0.25, 0.3) is 0 Å². The third-order valence-electron chi connectivity index (χ3n) is 1.49. The maximum absolute atomic E-state index is 7.07. The number of nitrogens with one attached hydrogen (secondary N) is 1. The number of hydrogen-bond acceptors (Lipinski definition) is 3. The molecule has 5 heteroatoms. The fourth-order valence-corrected chi connectivity index (χ4v) is 1.09. The molecule has 0 atom stereocenters. The maximum atomic E-state index is 7.07. The highest BCUT2D eigenvalue weighted by atomic mass is 35.5. The largest absolute Gasteiger partial charge is 0.495 e. The molecular weight excluding hydrogens is 190 g/mol. The van der Waals surface area contributed by atoms with Crippen LogP contribution in [0.25, 0.3) is 0 Å². The van der Waals surface area contributed by atoms with E-state index in [4.69, 9.17) is 27.5 Å². The van der Waals surface area contributed by atoms with Gasteiger partial charge in [0.1, 0.15) is 5.75 Å². The van der Waals surface area contributed by atoms with Crippen LogP contribution >= 0.6 is 11.6 Å². The average Bonchev–Trinajstić information content (AvgIpc) is 2.08. The van der Waals surface area contributed by atoms with E-state index in [0.29, 0.717) is 16.5 Å². The molecule has 1 rings (SSSR count). The van der Waals surface area contributed by atoms with Crippen molar-refractivity contribution in [1.29, 1.82) is 5.41 Å². The zero-order valence-corrected chi connectivity index (χ0v) is 7.93. The SMILES string of the molecule is COc1cnc(CC(=N)N)c(Cl)c1. The molecule has 1 aromatic rings. The Morgan fingerprint density at radius 3 is 2.92 bits per heavy atom. The molecule has 0 unspecified atom stereocenters. The van der Waals surface area contributed by atoms with Crippen molar-refractivity contribution in [3.8, 4) is 5.75 Å². The van der Waals surface area contributed by atoms with Crippen molar-refractivity contribution < 1.29 is 4.74 Å². The van der Waals surface area contributed by atoms with Gasteiger partial charge in [0.05, 0.1) is 29.9 Å². The van der Waals surface area contributed by atoms with E-state index >= 15 is 0 Å². The molecule has 70 valence electrons. The number of halogens is 1. The lowest BCUT2D eigenvalue weighted by Crippen LogP contribution is -2.13. The first-order chi connectivity index (χ1) is 6.13. The van der Waals surface area contributed by atoms with E-state index in [1.54, 1.807) is 12.3 Å². The van der Waals surface area contributed by atoms with Crippen LogP contribution in [-0.2, 0) is 6.42 Å². The number of hydrogen-bond donors (Lipinski definition) is 2. The van der Waals surface area contributed by atoms with Crippen molar-refractivity contribution in [3.05, 3.63) is 23.0 Å². The van der Waals surface area contributed by atoms with Gasteiger partial charge in [-0.05, 0) is 0 Å². The van der Waals surface area contributed by atoms with Crippen molar-refractivity contribution in [1.82, 2.24) is 4.98 Å². The van der Waals surface area contributed by atoms with Gasteiger partial charge in [-0.25, -0.2) is 0 Å². The van der Waals surface area contributed by atoms with E-state index in [9.17, 15) is 0 Å². The number of ether oxygens (including phenoxy) is 1. The highest BCUT2D eigenvalue weighted by Crippen LogP contribution is 2.19. The minimum Gasteiger partial charge on any atom is -0.495 e. The molecule has 0 aliphatic carbocycles. The van der Waals surface area contributed by atoms with Gasteiger partial charge in [-0.3, -0.25) is 10.4 Å². The number of nitrogens with zero attached hydrogens (tertiary/aromatic N) is 1. The number of nitrogens with two attached hydrogens (primary N) is 1. The molecule has 0 saturated heterocycles. The van der Waals surface area contributed by atoms with Crippen LogP contribution in [0.4, 0.5) is 0 Å². The van der Waals surface area contributed by atoms with Crippen molar-refractivity contribution >= 4 is 17.4 Å². The van der Waals surface area contributed by atoms with Gasteiger partial charge in [-0.15, -0.1) is 0 Å². The van der Waals surface area contributed by atoms with Crippen LogP contribution in [0.15, 0.2) is 12.3 Å². The van der Waals surface area contributed by atoms with Crippen LogP contribution in [-0.4, -0.2) is 17.9 Å². The number of pyridine rings is 1. The van der Waals surface area contributed by atoms with E-state index in [1.807, 2.05) is 0 Å². The Morgan fingerprint density at radius 2 is 2.46 bits per heavy atom. The minimum atomic E-state index is 0.0413. The second-order valence-corrected chi connectivity index (χ2v) is 2.91. The summed E-state index contributed by atoms with van der Waals surface area (Å²) in [5, 5.41) is 7.54. The molecule has 1 aromatic heterocycles. The lowest BCUT2D eigenvalue weighted by molar-refractivity contribution is 0.412. The number of amidine groups is 1. The summed E-state index contributed by atoms with van der Waals surface area (Å²) < 4.78 is 4.92. The quantitative estimate of drug-likeness (QED) is 0.568. The first-order valence-electron chi connectivity index (χ1n) is 3.64. The van der Waals surface area contributed by atoms with E-state index in [1.165, 1.54) is 7.11 Å². The Kier molecular flexibility index (Phi) is 3.08. The van der Waals surface area contributed by atoms with Crippen LogP contribution in [0.5, 0.6) is 5.75 Å². The summed E-state index contributed by atoms with van der Waals surface area (Å²) in [6.45, 7) is 0. The Morgan fingerprint density at radius 1 is 1.77 bits per heavy atom. The zero-order chi connectivity index (χ0) is 9.84. The lowest BCUT2D eigenvalue weighted by atomic mass is 10.2. The second-order valence-electron chi connectivity index (χ2n) is 2.51. The smallest absolute Gasteiger partial charge is 0.138 e. The molecule has 13 heavy (non-hydrogen) atoms. The maximum Gasteiger partial charge on any atom is 0.138 e. The molecular formula is C8H10ClN3O. The van der Waals surface area contributed by atoms with Gasteiger partial charge in [0.2, 0.25) is 0 Å². The molecule has 0 bridgehead atoms. The van der Waals surface area contributed by atoms with Gasteiger partial charge in [-0.1, -0.05) is 11.6 Å². The van der Waals surface area contributed by atoms with Crippen molar-refractivity contribution in [3.63, 3.8) is 0 Å². The highest BCUT2D eigenvalue weighted by molar-refractivity contribution is 6.31. The fourth-order valence-electron chi connectivity index (χ4n) is 0.871. The Balaban J connectivity index is 2.91. The molecule has 0 saturated carbocycles. The van der Waals surface area contributed by atoms with E-state index in [0.717, 1.165) is 0 Å². The first-order valence-corrected chi connectivity index (χ1v) is 4.02. The monoisotopic (exact) mass is 199 g/mol. The van der Waals surface area contributed by atoms with E-state index < -0.39 is 0 Å². The lowest BCUT2D eigenvalue weighted by Gasteiger charge is -2.04. The molecule has 1 heterocycles. The summed E-state index contributed by atoms with van der Waals surface area (Å²) in [5.41, 5.74) is 5.81. The molecule has 0 radical (unpaired) electrons. The molecule has 0 spiro atoms.